The van der Waals surface area contributed by atoms with E-state index in [0.29, 0.717) is 17.8 Å². The van der Waals surface area contributed by atoms with Crippen molar-refractivity contribution in [3.63, 3.8) is 0 Å². The molecule has 4 rings (SSSR count). The SMILES string of the molecule is C[C@H]1CC[C@]2(O)C(C)(C)[C@@H]3CC[C@@]2(CO)[C@H]1C3. The smallest absolute Gasteiger partial charge is 0.0781 e. The second-order valence-electron chi connectivity index (χ2n) is 7.49. The van der Waals surface area contributed by atoms with Crippen molar-refractivity contribution in [3.8, 4) is 0 Å². The molecule has 0 aromatic rings. The first-order valence-electron chi connectivity index (χ1n) is 7.22. The van der Waals surface area contributed by atoms with Crippen LogP contribution in [0.25, 0.3) is 0 Å². The summed E-state index contributed by atoms with van der Waals surface area (Å²) >= 11 is 0. The highest BCUT2D eigenvalue weighted by atomic mass is 16.3. The molecular weight excluding hydrogens is 212 g/mol. The van der Waals surface area contributed by atoms with E-state index in [-0.39, 0.29) is 17.4 Å². The molecule has 0 spiro atoms. The van der Waals surface area contributed by atoms with Crippen molar-refractivity contribution in [1.29, 1.82) is 0 Å². The number of hydrogen-bond donors (Lipinski definition) is 2. The molecule has 0 amide bonds. The van der Waals surface area contributed by atoms with Crippen molar-refractivity contribution < 1.29 is 10.2 Å². The minimum absolute atomic E-state index is 0.0232. The van der Waals surface area contributed by atoms with Gasteiger partial charge >= 0.3 is 0 Å². The lowest BCUT2D eigenvalue weighted by molar-refractivity contribution is -0.307. The van der Waals surface area contributed by atoms with Gasteiger partial charge in [-0.25, -0.2) is 0 Å². The van der Waals surface area contributed by atoms with Crippen molar-refractivity contribution in [2.24, 2.45) is 28.6 Å². The normalized spacial score (nSPS) is 55.9. The highest BCUT2D eigenvalue weighted by molar-refractivity contribution is 5.20. The molecule has 2 heteroatoms. The minimum atomic E-state index is -0.632. The Morgan fingerprint density at radius 3 is 2.53 bits per heavy atom. The zero-order valence-corrected chi connectivity index (χ0v) is 11.4. The van der Waals surface area contributed by atoms with E-state index in [0.717, 1.165) is 19.3 Å². The van der Waals surface area contributed by atoms with Gasteiger partial charge in [-0.1, -0.05) is 20.8 Å². The lowest BCUT2D eigenvalue weighted by Gasteiger charge is -2.72. The van der Waals surface area contributed by atoms with E-state index in [4.69, 9.17) is 0 Å². The average molecular weight is 238 g/mol. The van der Waals surface area contributed by atoms with E-state index in [1.165, 1.54) is 12.8 Å². The van der Waals surface area contributed by atoms with Crippen LogP contribution in [0, 0.1) is 28.6 Å². The van der Waals surface area contributed by atoms with Crippen LogP contribution in [0.3, 0.4) is 0 Å². The molecule has 4 aliphatic rings. The van der Waals surface area contributed by atoms with E-state index in [1.807, 2.05) is 0 Å². The van der Waals surface area contributed by atoms with E-state index in [1.54, 1.807) is 0 Å². The molecule has 2 N–H and O–H groups in total. The quantitative estimate of drug-likeness (QED) is 0.737. The highest BCUT2D eigenvalue weighted by Gasteiger charge is 2.71. The summed E-state index contributed by atoms with van der Waals surface area (Å²) in [5, 5.41) is 21.4. The van der Waals surface area contributed by atoms with Crippen LogP contribution in [0.15, 0.2) is 0 Å². The molecule has 4 aliphatic carbocycles. The predicted molar refractivity (Wildman–Crippen MR) is 67.5 cm³/mol. The minimum Gasteiger partial charge on any atom is -0.396 e. The van der Waals surface area contributed by atoms with Gasteiger partial charge in [-0.05, 0) is 55.3 Å². The summed E-state index contributed by atoms with van der Waals surface area (Å²) < 4.78 is 0. The van der Waals surface area contributed by atoms with Crippen molar-refractivity contribution in [1.82, 2.24) is 0 Å². The van der Waals surface area contributed by atoms with Gasteiger partial charge in [0.2, 0.25) is 0 Å². The number of hydrogen-bond acceptors (Lipinski definition) is 2. The Balaban J connectivity index is 2.14. The lowest BCUT2D eigenvalue weighted by Crippen LogP contribution is -2.73. The third-order valence-electron chi connectivity index (χ3n) is 7.03. The molecule has 0 saturated heterocycles. The monoisotopic (exact) mass is 238 g/mol. The van der Waals surface area contributed by atoms with Gasteiger partial charge in [-0.3, -0.25) is 0 Å². The number of fused-ring (bicyclic) bond motifs is 1. The molecule has 0 aliphatic heterocycles. The van der Waals surface area contributed by atoms with Gasteiger partial charge in [-0.2, -0.15) is 0 Å². The zero-order valence-electron chi connectivity index (χ0n) is 11.4. The summed E-state index contributed by atoms with van der Waals surface area (Å²) in [6.07, 6.45) is 5.45. The molecule has 5 atom stereocenters. The molecule has 0 heterocycles. The van der Waals surface area contributed by atoms with Gasteiger partial charge in [0.25, 0.3) is 0 Å². The van der Waals surface area contributed by atoms with E-state index >= 15 is 0 Å². The average Bonchev–Trinajstić information content (AvgIpc) is 2.31. The van der Waals surface area contributed by atoms with E-state index < -0.39 is 5.60 Å². The van der Waals surface area contributed by atoms with Crippen molar-refractivity contribution >= 4 is 0 Å². The van der Waals surface area contributed by atoms with Crippen LogP contribution >= 0.6 is 0 Å². The highest BCUT2D eigenvalue weighted by Crippen LogP contribution is 2.71. The van der Waals surface area contributed by atoms with Crippen molar-refractivity contribution in [3.05, 3.63) is 0 Å². The molecule has 17 heavy (non-hydrogen) atoms. The maximum Gasteiger partial charge on any atom is 0.0781 e. The molecule has 0 radical (unpaired) electrons. The molecule has 4 bridgehead atoms. The van der Waals surface area contributed by atoms with Gasteiger partial charge in [0.15, 0.2) is 0 Å². The van der Waals surface area contributed by atoms with Crippen LogP contribution in [-0.4, -0.2) is 22.4 Å². The number of rotatable bonds is 1. The Morgan fingerprint density at radius 2 is 1.88 bits per heavy atom. The van der Waals surface area contributed by atoms with E-state index in [2.05, 4.69) is 20.8 Å². The second-order valence-corrected chi connectivity index (χ2v) is 7.49. The topological polar surface area (TPSA) is 40.5 Å². The molecular formula is C15H26O2. The maximum absolute atomic E-state index is 11.3. The van der Waals surface area contributed by atoms with Crippen LogP contribution < -0.4 is 0 Å². The van der Waals surface area contributed by atoms with E-state index in [9.17, 15) is 10.2 Å². The van der Waals surface area contributed by atoms with Gasteiger partial charge in [0.05, 0.1) is 12.2 Å². The van der Waals surface area contributed by atoms with Gasteiger partial charge in [0, 0.05) is 5.41 Å². The lowest BCUT2D eigenvalue weighted by atomic mass is 9.35. The Bertz CT molecular complexity index is 338. The Hall–Kier alpha value is -0.0800. The standard InChI is InChI=1S/C15H26O2/c1-10-4-7-15(17)13(2,3)11-5-6-14(15,9-16)12(10)8-11/h10-12,16-17H,4-9H2,1-3H3/t10-,11+,12-,14+,15-/m0/s1. The van der Waals surface area contributed by atoms with Crippen molar-refractivity contribution in [2.75, 3.05) is 6.61 Å². The summed E-state index contributed by atoms with van der Waals surface area (Å²) in [6, 6.07) is 0. The second kappa shape index (κ2) is 3.27. The molecule has 2 nitrogen and oxygen atoms in total. The number of aliphatic hydroxyl groups excluding tert-OH is 1. The van der Waals surface area contributed by atoms with Gasteiger partial charge in [-0.15, -0.1) is 0 Å². The van der Waals surface area contributed by atoms with Gasteiger partial charge < -0.3 is 10.2 Å². The van der Waals surface area contributed by atoms with Crippen LogP contribution in [0.1, 0.15) is 52.9 Å². The molecule has 4 saturated carbocycles. The third kappa shape index (κ3) is 1.10. The molecule has 0 aromatic heterocycles. The maximum atomic E-state index is 11.3. The van der Waals surface area contributed by atoms with Crippen LogP contribution in [0.2, 0.25) is 0 Å². The van der Waals surface area contributed by atoms with Crippen LogP contribution in [0.5, 0.6) is 0 Å². The first-order chi connectivity index (χ1) is 7.89. The summed E-state index contributed by atoms with van der Waals surface area (Å²) in [4.78, 5) is 0. The molecule has 0 unspecified atom stereocenters. The summed E-state index contributed by atoms with van der Waals surface area (Å²) in [7, 11) is 0. The fourth-order valence-corrected chi connectivity index (χ4v) is 5.73. The fraction of sp³-hybridized carbons (Fsp3) is 1.00. The third-order valence-corrected chi connectivity index (χ3v) is 7.03. The summed E-state index contributed by atoms with van der Waals surface area (Å²) in [5.74, 6) is 1.85. The fourth-order valence-electron chi connectivity index (χ4n) is 5.73. The Kier molecular flexibility index (Phi) is 2.30. The molecule has 98 valence electrons. The van der Waals surface area contributed by atoms with Gasteiger partial charge in [0.1, 0.15) is 0 Å². The first-order valence-corrected chi connectivity index (χ1v) is 7.22. The van der Waals surface area contributed by atoms with Crippen molar-refractivity contribution in [2.45, 2.75) is 58.5 Å². The summed E-state index contributed by atoms with van der Waals surface area (Å²) in [5.41, 5.74) is -0.860. The predicted octanol–water partition coefficient (Wildman–Crippen LogP) is 2.58. The Labute approximate surface area is 104 Å². The largest absolute Gasteiger partial charge is 0.396 e. The zero-order chi connectivity index (χ0) is 12.5. The first kappa shape index (κ1) is 12.0. The molecule has 0 aromatic carbocycles. The Morgan fingerprint density at radius 1 is 1.18 bits per heavy atom. The molecule has 4 fully saturated rings. The van der Waals surface area contributed by atoms with Crippen LogP contribution in [-0.2, 0) is 0 Å². The summed E-state index contributed by atoms with van der Waals surface area (Å²) in [6.45, 7) is 6.95. The number of aliphatic hydroxyl groups is 2. The van der Waals surface area contributed by atoms with Crippen LogP contribution in [0.4, 0.5) is 0 Å².